The van der Waals surface area contributed by atoms with Gasteiger partial charge in [0.1, 0.15) is 0 Å². The van der Waals surface area contributed by atoms with Gasteiger partial charge in [0.15, 0.2) is 6.10 Å². The van der Waals surface area contributed by atoms with Gasteiger partial charge in [0.05, 0.1) is 18.9 Å². The fourth-order valence-electron chi connectivity index (χ4n) is 2.17. The van der Waals surface area contributed by atoms with Crippen LogP contribution in [0.15, 0.2) is 16.6 Å². The van der Waals surface area contributed by atoms with Crippen molar-refractivity contribution >= 4 is 33.2 Å². The second kappa shape index (κ2) is 6.53. The summed E-state index contributed by atoms with van der Waals surface area (Å²) in [4.78, 5) is 13.4. The average molecular weight is 345 g/mol. The number of fused-ring (bicyclic) bond motifs is 1. The van der Waals surface area contributed by atoms with Gasteiger partial charge in [0.25, 0.3) is 5.91 Å². The van der Waals surface area contributed by atoms with Crippen LogP contribution in [-0.4, -0.2) is 49.5 Å². The molecule has 1 unspecified atom stereocenters. The number of aliphatic hydroxyl groups excluding tert-OH is 2. The fraction of sp³-hybridized carbons (Fsp3) is 0.462. The highest BCUT2D eigenvalue weighted by molar-refractivity contribution is 9.10. The molecule has 20 heavy (non-hydrogen) atoms. The van der Waals surface area contributed by atoms with Crippen molar-refractivity contribution in [2.24, 2.45) is 0 Å². The largest absolute Gasteiger partial charge is 0.395 e. The minimum absolute atomic E-state index is 0.0161. The quantitative estimate of drug-likeness (QED) is 0.713. The molecule has 0 bridgehead atoms. The maximum atomic E-state index is 11.5. The zero-order valence-corrected chi connectivity index (χ0v) is 12.7. The van der Waals surface area contributed by atoms with Crippen molar-refractivity contribution in [2.75, 3.05) is 43.6 Å². The van der Waals surface area contributed by atoms with Gasteiger partial charge < -0.3 is 25.2 Å². The molecule has 1 atom stereocenters. The van der Waals surface area contributed by atoms with Crippen LogP contribution in [-0.2, 0) is 9.53 Å². The van der Waals surface area contributed by atoms with E-state index in [1.807, 2.05) is 4.90 Å². The molecule has 0 saturated heterocycles. The van der Waals surface area contributed by atoms with Crippen molar-refractivity contribution in [3.05, 3.63) is 22.2 Å². The summed E-state index contributed by atoms with van der Waals surface area (Å²) in [5.41, 5.74) is 1.99. The van der Waals surface area contributed by atoms with E-state index in [1.54, 1.807) is 19.2 Å². The predicted octanol–water partition coefficient (Wildman–Crippen LogP) is 0.880. The fourth-order valence-corrected chi connectivity index (χ4v) is 2.78. The number of carbonyl (C=O) groups excluding carboxylic acids is 1. The number of ether oxygens (including phenoxy) is 1. The number of carbonyl (C=O) groups is 1. The van der Waals surface area contributed by atoms with Crippen LogP contribution in [0.5, 0.6) is 0 Å². The number of aliphatic hydroxyl groups is 2. The standard InChI is InChI=1S/C13H17BrN2O4/c1-20-5-3-16(2-4-17)11-7-10-8(6-9(11)14)12(18)13(19)15-10/h6-7,12,17-18H,2-5H2,1H3,(H,15,19). The van der Waals surface area contributed by atoms with E-state index in [2.05, 4.69) is 21.2 Å². The number of nitrogens with one attached hydrogen (secondary N) is 1. The zero-order chi connectivity index (χ0) is 14.7. The Labute approximate surface area is 125 Å². The summed E-state index contributed by atoms with van der Waals surface area (Å²) in [6.07, 6.45) is -1.12. The Balaban J connectivity index is 2.32. The second-order valence-electron chi connectivity index (χ2n) is 4.49. The third kappa shape index (κ3) is 2.95. The summed E-state index contributed by atoms with van der Waals surface area (Å²) in [6.45, 7) is 1.61. The first-order valence-corrected chi connectivity index (χ1v) is 7.05. The van der Waals surface area contributed by atoms with Crippen LogP contribution in [0.3, 0.4) is 0 Å². The zero-order valence-electron chi connectivity index (χ0n) is 11.1. The molecule has 0 aliphatic carbocycles. The summed E-state index contributed by atoms with van der Waals surface area (Å²) >= 11 is 3.45. The van der Waals surface area contributed by atoms with Gasteiger partial charge in [-0.2, -0.15) is 0 Å². The maximum absolute atomic E-state index is 11.5. The molecule has 0 fully saturated rings. The Morgan fingerprint density at radius 1 is 1.45 bits per heavy atom. The number of rotatable bonds is 6. The minimum atomic E-state index is -1.12. The van der Waals surface area contributed by atoms with Crippen LogP contribution < -0.4 is 10.2 Å². The first-order chi connectivity index (χ1) is 9.58. The smallest absolute Gasteiger partial charge is 0.257 e. The van der Waals surface area contributed by atoms with E-state index in [1.165, 1.54) is 0 Å². The normalized spacial score (nSPS) is 17.0. The number of nitrogens with zero attached hydrogens (tertiary/aromatic N) is 1. The third-order valence-corrected chi connectivity index (χ3v) is 3.83. The van der Waals surface area contributed by atoms with Crippen molar-refractivity contribution in [2.45, 2.75) is 6.10 Å². The van der Waals surface area contributed by atoms with Gasteiger partial charge in [0.2, 0.25) is 0 Å². The van der Waals surface area contributed by atoms with Gasteiger partial charge in [-0.05, 0) is 28.1 Å². The molecule has 110 valence electrons. The molecule has 1 aliphatic heterocycles. The monoisotopic (exact) mass is 344 g/mol. The average Bonchev–Trinajstić information content (AvgIpc) is 2.70. The van der Waals surface area contributed by atoms with Crippen molar-refractivity contribution in [3.8, 4) is 0 Å². The molecule has 0 spiro atoms. The van der Waals surface area contributed by atoms with Gasteiger partial charge in [-0.25, -0.2) is 0 Å². The van der Waals surface area contributed by atoms with Gasteiger partial charge in [-0.1, -0.05) is 0 Å². The minimum Gasteiger partial charge on any atom is -0.395 e. The summed E-state index contributed by atoms with van der Waals surface area (Å²) in [5, 5.41) is 21.5. The third-order valence-electron chi connectivity index (χ3n) is 3.20. The number of amides is 1. The lowest BCUT2D eigenvalue weighted by Gasteiger charge is -2.25. The van der Waals surface area contributed by atoms with E-state index >= 15 is 0 Å². The Hall–Kier alpha value is -1.15. The van der Waals surface area contributed by atoms with Crippen molar-refractivity contribution in [1.29, 1.82) is 0 Å². The Morgan fingerprint density at radius 2 is 2.20 bits per heavy atom. The van der Waals surface area contributed by atoms with Crippen LogP contribution in [0, 0.1) is 0 Å². The van der Waals surface area contributed by atoms with Crippen molar-refractivity contribution < 1.29 is 19.7 Å². The SMILES string of the molecule is COCCN(CCO)c1cc2c(cc1Br)C(O)C(=O)N2. The number of anilines is 2. The molecule has 1 heterocycles. The Bertz CT molecular complexity index is 509. The topological polar surface area (TPSA) is 82.0 Å². The van der Waals surface area contributed by atoms with Crippen molar-refractivity contribution in [1.82, 2.24) is 0 Å². The molecule has 1 amide bonds. The molecule has 1 aromatic carbocycles. The molecule has 1 aromatic rings. The van der Waals surface area contributed by atoms with E-state index in [0.717, 1.165) is 10.2 Å². The molecule has 0 saturated carbocycles. The van der Waals surface area contributed by atoms with Gasteiger partial charge in [-0.15, -0.1) is 0 Å². The summed E-state index contributed by atoms with van der Waals surface area (Å²) in [5.74, 6) is -0.422. The van der Waals surface area contributed by atoms with Gasteiger partial charge in [-0.3, -0.25) is 4.79 Å². The summed E-state index contributed by atoms with van der Waals surface area (Å²) < 4.78 is 5.82. The lowest BCUT2D eigenvalue weighted by Crippen LogP contribution is -2.30. The van der Waals surface area contributed by atoms with Crippen LogP contribution >= 0.6 is 15.9 Å². The van der Waals surface area contributed by atoms with Crippen LogP contribution in [0.1, 0.15) is 11.7 Å². The summed E-state index contributed by atoms with van der Waals surface area (Å²) in [6, 6.07) is 3.52. The number of methoxy groups -OCH3 is 1. The molecular weight excluding hydrogens is 328 g/mol. The van der Waals surface area contributed by atoms with Gasteiger partial charge in [0, 0.05) is 35.9 Å². The number of halogens is 1. The van der Waals surface area contributed by atoms with Crippen LogP contribution in [0.25, 0.3) is 0 Å². The second-order valence-corrected chi connectivity index (χ2v) is 5.34. The Kier molecular flexibility index (Phi) is 4.98. The first-order valence-electron chi connectivity index (χ1n) is 6.25. The Morgan fingerprint density at radius 3 is 2.85 bits per heavy atom. The number of hydrogen-bond acceptors (Lipinski definition) is 5. The molecule has 1 aliphatic rings. The molecule has 7 heteroatoms. The van der Waals surface area contributed by atoms with Crippen LogP contribution in [0.2, 0.25) is 0 Å². The van der Waals surface area contributed by atoms with Gasteiger partial charge >= 0.3 is 0 Å². The van der Waals surface area contributed by atoms with E-state index in [4.69, 9.17) is 9.84 Å². The molecule has 3 N–H and O–H groups in total. The lowest BCUT2D eigenvalue weighted by molar-refractivity contribution is -0.123. The van der Waals surface area contributed by atoms with Crippen molar-refractivity contribution in [3.63, 3.8) is 0 Å². The van der Waals surface area contributed by atoms with E-state index in [-0.39, 0.29) is 6.61 Å². The highest BCUT2D eigenvalue weighted by Gasteiger charge is 2.30. The van der Waals surface area contributed by atoms with E-state index in [0.29, 0.717) is 30.9 Å². The molecule has 0 radical (unpaired) electrons. The predicted molar refractivity (Wildman–Crippen MR) is 78.9 cm³/mol. The highest BCUT2D eigenvalue weighted by Crippen LogP contribution is 2.38. The lowest BCUT2D eigenvalue weighted by atomic mass is 10.1. The highest BCUT2D eigenvalue weighted by atomic mass is 79.9. The van der Waals surface area contributed by atoms with E-state index in [9.17, 15) is 9.90 Å². The molecule has 6 nitrogen and oxygen atoms in total. The maximum Gasteiger partial charge on any atom is 0.257 e. The number of hydrogen-bond donors (Lipinski definition) is 3. The van der Waals surface area contributed by atoms with E-state index < -0.39 is 12.0 Å². The molecular formula is C13H17BrN2O4. The molecule has 2 rings (SSSR count). The van der Waals surface area contributed by atoms with Crippen LogP contribution in [0.4, 0.5) is 11.4 Å². The number of benzene rings is 1. The molecule has 0 aromatic heterocycles. The first kappa shape index (κ1) is 15.2. The summed E-state index contributed by atoms with van der Waals surface area (Å²) in [7, 11) is 1.62.